The molecule has 0 saturated carbocycles. The highest BCUT2D eigenvalue weighted by Gasteiger charge is 2.43. The lowest BCUT2D eigenvalue weighted by atomic mass is 10.1. The van der Waals surface area contributed by atoms with Gasteiger partial charge in [-0.2, -0.15) is 13.1 Å². The third-order valence-electron chi connectivity index (χ3n) is 1.92. The van der Waals surface area contributed by atoms with Gasteiger partial charge in [-0.05, 0) is 13.8 Å². The molecule has 0 aromatic heterocycles. The van der Waals surface area contributed by atoms with Gasteiger partial charge in [-0.1, -0.05) is 0 Å². The van der Waals surface area contributed by atoms with Gasteiger partial charge in [0.1, 0.15) is 5.54 Å². The van der Waals surface area contributed by atoms with Crippen molar-refractivity contribution in [2.75, 3.05) is 7.05 Å². The van der Waals surface area contributed by atoms with Gasteiger partial charge in [0.15, 0.2) is 0 Å². The first kappa shape index (κ1) is 13.2. The minimum Gasteiger partial charge on any atom is -0.480 e. The molecule has 84 valence electrons. The number of sulfonamides is 1. The van der Waals surface area contributed by atoms with E-state index in [1.54, 1.807) is 0 Å². The van der Waals surface area contributed by atoms with Crippen molar-refractivity contribution in [3.63, 3.8) is 0 Å². The van der Waals surface area contributed by atoms with Crippen LogP contribution in [0.1, 0.15) is 13.8 Å². The number of carbonyl (C=O) groups is 1. The number of hydrogen-bond acceptors (Lipinski definition) is 3. The quantitative estimate of drug-likeness (QED) is 0.756. The Morgan fingerprint density at radius 3 is 2.00 bits per heavy atom. The van der Waals surface area contributed by atoms with Gasteiger partial charge in [-0.15, -0.1) is 0 Å². The molecule has 0 aromatic carbocycles. The molecule has 0 aliphatic carbocycles. The molecular weight excluding hydrogens is 220 g/mol. The molecule has 0 amide bonds. The third-order valence-corrected chi connectivity index (χ3v) is 3.59. The summed E-state index contributed by atoms with van der Waals surface area (Å²) in [5.74, 6) is -5.12. The summed E-state index contributed by atoms with van der Waals surface area (Å²) >= 11 is 0. The first-order chi connectivity index (χ1) is 6.04. The second kappa shape index (κ2) is 3.77. The van der Waals surface area contributed by atoms with Crippen LogP contribution in [0.5, 0.6) is 0 Å². The van der Waals surface area contributed by atoms with Crippen molar-refractivity contribution in [1.29, 1.82) is 0 Å². The summed E-state index contributed by atoms with van der Waals surface area (Å²) in [6.45, 7) is 2.05. The van der Waals surface area contributed by atoms with E-state index >= 15 is 0 Å². The lowest BCUT2D eigenvalue weighted by Crippen LogP contribution is -2.52. The Labute approximate surface area is 80.4 Å². The van der Waals surface area contributed by atoms with Crippen LogP contribution in [0.25, 0.3) is 0 Å². The molecule has 0 rings (SSSR count). The monoisotopic (exact) mass is 231 g/mol. The molecule has 0 radical (unpaired) electrons. The molecule has 0 fully saturated rings. The van der Waals surface area contributed by atoms with Crippen LogP contribution in [-0.4, -0.2) is 42.1 Å². The highest BCUT2D eigenvalue weighted by molar-refractivity contribution is 7.89. The fourth-order valence-electron chi connectivity index (χ4n) is 0.572. The maximum Gasteiger partial charge on any atom is 0.350 e. The van der Waals surface area contributed by atoms with Crippen LogP contribution in [0.15, 0.2) is 0 Å². The van der Waals surface area contributed by atoms with Crippen LogP contribution in [0, 0.1) is 0 Å². The number of hydrogen-bond donors (Lipinski definition) is 1. The molecule has 0 aliphatic heterocycles. The third kappa shape index (κ3) is 2.18. The Kier molecular flexibility index (Phi) is 3.57. The fourth-order valence-corrected chi connectivity index (χ4v) is 1.53. The molecule has 8 heteroatoms. The molecule has 0 atom stereocenters. The topological polar surface area (TPSA) is 74.7 Å². The van der Waals surface area contributed by atoms with E-state index in [1.165, 1.54) is 0 Å². The Morgan fingerprint density at radius 2 is 1.79 bits per heavy atom. The van der Waals surface area contributed by atoms with Crippen LogP contribution in [0.2, 0.25) is 0 Å². The average molecular weight is 231 g/mol. The van der Waals surface area contributed by atoms with Gasteiger partial charge in [0.2, 0.25) is 0 Å². The Morgan fingerprint density at radius 1 is 1.43 bits per heavy atom. The summed E-state index contributed by atoms with van der Waals surface area (Å²) in [5.41, 5.74) is -1.89. The van der Waals surface area contributed by atoms with Crippen molar-refractivity contribution in [3.8, 4) is 0 Å². The maximum atomic E-state index is 12.0. The number of carboxylic acids is 1. The molecule has 0 bridgehead atoms. The zero-order chi connectivity index (χ0) is 11.7. The fraction of sp³-hybridized carbons (Fsp3) is 0.833. The number of likely N-dealkylation sites (N-methyl/N-ethyl adjacent to an activating group) is 1. The van der Waals surface area contributed by atoms with Gasteiger partial charge >= 0.3 is 11.7 Å². The smallest absolute Gasteiger partial charge is 0.350 e. The van der Waals surface area contributed by atoms with E-state index < -0.39 is 27.3 Å². The van der Waals surface area contributed by atoms with Gasteiger partial charge in [-0.25, -0.2) is 8.42 Å². The van der Waals surface area contributed by atoms with Gasteiger partial charge in [0.05, 0.1) is 0 Å². The van der Waals surface area contributed by atoms with E-state index in [1.807, 2.05) is 0 Å². The Balaban J connectivity index is 5.17. The van der Waals surface area contributed by atoms with Crippen LogP contribution < -0.4 is 0 Å². The molecule has 0 aromatic rings. The van der Waals surface area contributed by atoms with Crippen LogP contribution in [0.3, 0.4) is 0 Å². The highest BCUT2D eigenvalue weighted by atomic mass is 32.2. The first-order valence-electron chi connectivity index (χ1n) is 3.54. The minimum atomic E-state index is -4.86. The van der Waals surface area contributed by atoms with Crippen molar-refractivity contribution >= 4 is 16.0 Å². The molecular formula is C6H11F2NO4S. The normalized spacial score (nSPS) is 13.6. The average Bonchev–Trinajstić information content (AvgIpc) is 2.02. The van der Waals surface area contributed by atoms with Crippen molar-refractivity contribution in [2.24, 2.45) is 0 Å². The summed E-state index contributed by atoms with van der Waals surface area (Å²) in [4.78, 5) is 10.6. The van der Waals surface area contributed by atoms with E-state index in [-0.39, 0.29) is 4.31 Å². The summed E-state index contributed by atoms with van der Waals surface area (Å²) in [7, 11) is -4.06. The van der Waals surface area contributed by atoms with Crippen molar-refractivity contribution in [3.05, 3.63) is 0 Å². The summed E-state index contributed by atoms with van der Waals surface area (Å²) in [6, 6.07) is 0. The second-order valence-electron chi connectivity index (χ2n) is 3.14. The van der Waals surface area contributed by atoms with E-state index in [4.69, 9.17) is 5.11 Å². The molecule has 0 heterocycles. The standard InChI is InChI=1S/C6H11F2NO4S/c1-6(2,4(10)11)9(3)14(12,13)5(7)8/h5H,1-3H3,(H,10,11). The molecule has 1 N–H and O–H groups in total. The molecule has 5 nitrogen and oxygen atoms in total. The predicted octanol–water partition coefficient (Wildman–Crippen LogP) is 0.334. The van der Waals surface area contributed by atoms with E-state index in [0.717, 1.165) is 20.9 Å². The number of carboxylic acid groups (broad SMARTS) is 1. The number of rotatable bonds is 4. The molecule has 0 unspecified atom stereocenters. The van der Waals surface area contributed by atoms with Crippen LogP contribution in [-0.2, 0) is 14.8 Å². The minimum absolute atomic E-state index is 0.146. The van der Waals surface area contributed by atoms with E-state index in [9.17, 15) is 22.0 Å². The number of aliphatic carboxylic acids is 1. The Hall–Kier alpha value is -0.760. The maximum absolute atomic E-state index is 12.0. The largest absolute Gasteiger partial charge is 0.480 e. The molecule has 0 spiro atoms. The SMILES string of the molecule is CN(C(C)(C)C(=O)O)S(=O)(=O)C(F)F. The highest BCUT2D eigenvalue weighted by Crippen LogP contribution is 2.21. The van der Waals surface area contributed by atoms with Gasteiger partial charge in [-0.3, -0.25) is 4.79 Å². The van der Waals surface area contributed by atoms with Gasteiger partial charge < -0.3 is 5.11 Å². The number of halogens is 2. The van der Waals surface area contributed by atoms with Gasteiger partial charge in [0.25, 0.3) is 10.0 Å². The van der Waals surface area contributed by atoms with E-state index in [0.29, 0.717) is 0 Å². The van der Waals surface area contributed by atoms with Gasteiger partial charge in [0, 0.05) is 7.05 Å². The number of alkyl halides is 2. The van der Waals surface area contributed by atoms with Crippen molar-refractivity contribution in [2.45, 2.75) is 25.1 Å². The predicted molar refractivity (Wildman–Crippen MR) is 44.4 cm³/mol. The number of nitrogens with zero attached hydrogens (tertiary/aromatic N) is 1. The Bertz CT molecular complexity index is 325. The molecule has 14 heavy (non-hydrogen) atoms. The lowest BCUT2D eigenvalue weighted by Gasteiger charge is -2.29. The van der Waals surface area contributed by atoms with Crippen molar-refractivity contribution < 1.29 is 27.1 Å². The lowest BCUT2D eigenvalue weighted by molar-refractivity contribution is -0.146. The summed E-state index contributed by atoms with van der Waals surface area (Å²) in [5, 5.41) is 8.61. The second-order valence-corrected chi connectivity index (χ2v) is 5.07. The van der Waals surface area contributed by atoms with Crippen LogP contribution >= 0.6 is 0 Å². The molecule has 0 aliphatic rings. The first-order valence-corrected chi connectivity index (χ1v) is 5.04. The van der Waals surface area contributed by atoms with Crippen molar-refractivity contribution in [1.82, 2.24) is 4.31 Å². The zero-order valence-corrected chi connectivity index (χ0v) is 8.68. The van der Waals surface area contributed by atoms with E-state index in [2.05, 4.69) is 0 Å². The van der Waals surface area contributed by atoms with Crippen LogP contribution in [0.4, 0.5) is 8.78 Å². The molecule has 0 saturated heterocycles. The summed E-state index contributed by atoms with van der Waals surface area (Å²) in [6.07, 6.45) is 0. The summed E-state index contributed by atoms with van der Waals surface area (Å²) < 4.78 is 46.0. The zero-order valence-electron chi connectivity index (χ0n) is 7.86.